The number of non-ortho nitro benzene ring substituents is 1. The highest BCUT2D eigenvalue weighted by Gasteiger charge is 2.48. The number of dihydropyridines is 1. The minimum atomic E-state index is -5.04. The summed E-state index contributed by atoms with van der Waals surface area (Å²) >= 11 is 0. The maximum absolute atomic E-state index is 14.2. The predicted octanol–water partition coefficient (Wildman–Crippen LogP) is 5.09. The highest BCUT2D eigenvalue weighted by Crippen LogP contribution is 2.44. The first-order chi connectivity index (χ1) is 23.7. The van der Waals surface area contributed by atoms with Gasteiger partial charge in [-0.15, -0.1) is 5.06 Å². The maximum Gasteiger partial charge on any atom is 0.431 e. The van der Waals surface area contributed by atoms with Crippen molar-refractivity contribution in [2.45, 2.75) is 70.7 Å². The first-order valence-corrected chi connectivity index (χ1v) is 16.4. The lowest BCUT2D eigenvalue weighted by Gasteiger charge is -2.34. The van der Waals surface area contributed by atoms with Crippen LogP contribution in [-0.4, -0.2) is 78.7 Å². The molecule has 50 heavy (non-hydrogen) atoms. The number of rotatable bonds is 14. The quantitative estimate of drug-likeness (QED) is 0.137. The zero-order valence-electron chi connectivity index (χ0n) is 28.4. The minimum absolute atomic E-state index is 0.0796. The van der Waals surface area contributed by atoms with Crippen molar-refractivity contribution in [3.8, 4) is 5.75 Å². The number of alkyl halides is 3. The lowest BCUT2D eigenvalue weighted by molar-refractivity contribution is -0.384. The van der Waals surface area contributed by atoms with Gasteiger partial charge < -0.3 is 30.1 Å². The number of nitrogens with zero attached hydrogens (tertiary/aromatic N) is 2. The molecule has 0 radical (unpaired) electrons. The Morgan fingerprint density at radius 2 is 1.78 bits per heavy atom. The lowest BCUT2D eigenvalue weighted by atomic mass is 9.80. The van der Waals surface area contributed by atoms with E-state index in [1.807, 2.05) is 38.1 Å². The number of esters is 1. The van der Waals surface area contributed by atoms with Crippen LogP contribution in [0.3, 0.4) is 0 Å². The Morgan fingerprint density at radius 1 is 1.10 bits per heavy atom. The van der Waals surface area contributed by atoms with Gasteiger partial charge in [-0.25, -0.2) is 9.59 Å². The second kappa shape index (κ2) is 17.0. The number of allylic oxidation sites excluding steroid dienone is 2. The van der Waals surface area contributed by atoms with E-state index in [1.54, 1.807) is 0 Å². The number of ether oxygens (including phenoxy) is 2. The molecule has 1 saturated heterocycles. The van der Waals surface area contributed by atoms with Gasteiger partial charge in [-0.05, 0) is 61.8 Å². The van der Waals surface area contributed by atoms with Crippen molar-refractivity contribution in [2.24, 2.45) is 5.92 Å². The van der Waals surface area contributed by atoms with Crippen molar-refractivity contribution in [2.75, 3.05) is 33.4 Å². The smallest absolute Gasteiger partial charge is 0.431 e. The molecule has 2 heterocycles. The molecule has 2 aromatic carbocycles. The number of aryl methyl sites for hydroxylation is 1. The molecule has 12 nitrogen and oxygen atoms in total. The molecule has 15 heteroatoms. The summed E-state index contributed by atoms with van der Waals surface area (Å²) in [6, 6.07) is 12.7. The first kappa shape index (κ1) is 38.3. The van der Waals surface area contributed by atoms with Crippen molar-refractivity contribution in [3.63, 3.8) is 0 Å². The number of benzene rings is 2. The third-order valence-corrected chi connectivity index (χ3v) is 8.64. The Labute approximate surface area is 288 Å². The standard InChI is InChI=1S/C35H43F3N4O8/c1-21(2)39-19-27(43)20-49-28-12-10-23(11-13-28)8-9-24-14-16-41(17-15-24)50-34(45)29-22(3)40-32(35(36,37)38)31(33(44)48-4)30(29)25-6-5-7-26(18-25)42(46)47/h5-7,10-13,18,21,24,27,30,39-40,43H,8-9,14-17,19-20H2,1-4H3. The number of hydroxylamine groups is 2. The zero-order chi connectivity index (χ0) is 36.6. The summed E-state index contributed by atoms with van der Waals surface area (Å²) in [7, 11) is 0.908. The van der Waals surface area contributed by atoms with Crippen molar-refractivity contribution < 1.29 is 47.1 Å². The van der Waals surface area contributed by atoms with Crippen LogP contribution in [0.5, 0.6) is 5.75 Å². The van der Waals surface area contributed by atoms with Crippen molar-refractivity contribution in [3.05, 3.63) is 92.3 Å². The molecule has 1 fully saturated rings. The van der Waals surface area contributed by atoms with Crippen LogP contribution in [-0.2, 0) is 25.6 Å². The Hall–Kier alpha value is -4.47. The molecule has 2 aromatic rings. The highest BCUT2D eigenvalue weighted by molar-refractivity contribution is 6.00. The number of carbonyl (C=O) groups is 2. The second-order valence-electron chi connectivity index (χ2n) is 12.7. The number of nitro groups is 1. The van der Waals surface area contributed by atoms with Crippen LogP contribution in [0.2, 0.25) is 0 Å². The topological polar surface area (TPSA) is 152 Å². The molecule has 0 bridgehead atoms. The molecule has 0 aromatic heterocycles. The molecule has 3 N–H and O–H groups in total. The van der Waals surface area contributed by atoms with Crippen LogP contribution in [0, 0.1) is 16.0 Å². The van der Waals surface area contributed by atoms with Crippen LogP contribution in [0.25, 0.3) is 0 Å². The maximum atomic E-state index is 14.2. The Kier molecular flexibility index (Phi) is 13.0. The van der Waals surface area contributed by atoms with Gasteiger partial charge in [0.15, 0.2) is 0 Å². The summed E-state index contributed by atoms with van der Waals surface area (Å²) < 4.78 is 52.9. The highest BCUT2D eigenvalue weighted by atomic mass is 19.4. The average Bonchev–Trinajstić information content (AvgIpc) is 3.08. The van der Waals surface area contributed by atoms with E-state index in [-0.39, 0.29) is 29.5 Å². The Morgan fingerprint density at radius 3 is 2.38 bits per heavy atom. The molecule has 272 valence electrons. The normalized spacial score (nSPS) is 18.1. The van der Waals surface area contributed by atoms with Gasteiger partial charge in [-0.3, -0.25) is 10.1 Å². The molecule has 4 rings (SSSR count). The lowest BCUT2D eigenvalue weighted by Crippen LogP contribution is -2.41. The first-order valence-electron chi connectivity index (χ1n) is 16.4. The second-order valence-corrected chi connectivity index (χ2v) is 12.7. The van der Waals surface area contributed by atoms with Crippen molar-refractivity contribution in [1.82, 2.24) is 15.7 Å². The van der Waals surface area contributed by atoms with Crippen LogP contribution in [0.15, 0.2) is 71.1 Å². The number of aliphatic hydroxyl groups excluding tert-OH is 1. The Balaban J connectivity index is 1.39. The van der Waals surface area contributed by atoms with Crippen LogP contribution in [0.4, 0.5) is 18.9 Å². The van der Waals surface area contributed by atoms with E-state index in [2.05, 4.69) is 10.6 Å². The van der Waals surface area contributed by atoms with E-state index >= 15 is 0 Å². The molecule has 0 aliphatic carbocycles. The van der Waals surface area contributed by atoms with Gasteiger partial charge in [0.2, 0.25) is 0 Å². The average molecular weight is 705 g/mol. The molecule has 0 saturated carbocycles. The van der Waals surface area contributed by atoms with E-state index < -0.39 is 52.0 Å². The molecule has 2 aliphatic heterocycles. The molecule has 2 aliphatic rings. The minimum Gasteiger partial charge on any atom is -0.491 e. The van der Waals surface area contributed by atoms with E-state index in [0.29, 0.717) is 44.1 Å². The number of aliphatic hydroxyl groups is 1. The van der Waals surface area contributed by atoms with Crippen LogP contribution in [0.1, 0.15) is 57.1 Å². The van der Waals surface area contributed by atoms with Gasteiger partial charge in [0.05, 0.1) is 29.1 Å². The van der Waals surface area contributed by atoms with E-state index in [9.17, 15) is 38.0 Å². The molecule has 2 unspecified atom stereocenters. The molecule has 0 amide bonds. The zero-order valence-corrected chi connectivity index (χ0v) is 28.4. The number of nitro benzene ring substituents is 1. The van der Waals surface area contributed by atoms with E-state index in [0.717, 1.165) is 37.6 Å². The summed E-state index contributed by atoms with van der Waals surface area (Å²) in [4.78, 5) is 43.0. The molecular weight excluding hydrogens is 661 g/mol. The molecule has 0 spiro atoms. The van der Waals surface area contributed by atoms with Gasteiger partial charge in [0, 0.05) is 43.5 Å². The van der Waals surface area contributed by atoms with Crippen LogP contribution < -0.4 is 15.4 Å². The number of methoxy groups -OCH3 is 1. The van der Waals surface area contributed by atoms with Gasteiger partial charge in [0.25, 0.3) is 5.69 Å². The largest absolute Gasteiger partial charge is 0.491 e. The van der Waals surface area contributed by atoms with Gasteiger partial charge in [-0.2, -0.15) is 13.2 Å². The fourth-order valence-corrected chi connectivity index (χ4v) is 6.00. The summed E-state index contributed by atoms with van der Waals surface area (Å²) in [6.45, 7) is 6.65. The van der Waals surface area contributed by atoms with Crippen LogP contribution >= 0.6 is 0 Å². The third-order valence-electron chi connectivity index (χ3n) is 8.64. The number of hydrogen-bond donors (Lipinski definition) is 3. The monoisotopic (exact) mass is 704 g/mol. The molecule has 2 atom stereocenters. The van der Waals surface area contributed by atoms with Crippen molar-refractivity contribution >= 4 is 17.6 Å². The summed E-state index contributed by atoms with van der Waals surface area (Å²) in [5.41, 5.74) is -2.23. The fraction of sp³-hybridized carbons (Fsp3) is 0.486. The summed E-state index contributed by atoms with van der Waals surface area (Å²) in [5.74, 6) is -2.99. The number of piperidine rings is 1. The number of hydrogen-bond acceptors (Lipinski definition) is 11. The number of halogens is 3. The SMILES string of the molecule is COC(=O)C1=C(C(F)(F)F)NC(C)=C(C(=O)ON2CCC(CCc3ccc(OCC(O)CNC(C)C)cc3)CC2)C1c1cccc([N+](=O)[O-])c1. The van der Waals surface area contributed by atoms with E-state index in [4.69, 9.17) is 14.3 Å². The summed E-state index contributed by atoms with van der Waals surface area (Å²) in [5, 5.41) is 28.3. The number of carbonyl (C=O) groups excluding carboxylic acids is 2. The number of nitrogens with one attached hydrogen (secondary N) is 2. The fourth-order valence-electron chi connectivity index (χ4n) is 6.00. The van der Waals surface area contributed by atoms with Gasteiger partial charge >= 0.3 is 18.1 Å². The third kappa shape index (κ3) is 10.0. The van der Waals surface area contributed by atoms with Gasteiger partial charge in [0.1, 0.15) is 24.2 Å². The molecular formula is C35H43F3N4O8. The Bertz CT molecular complexity index is 1580. The van der Waals surface area contributed by atoms with E-state index in [1.165, 1.54) is 24.1 Å². The summed E-state index contributed by atoms with van der Waals surface area (Å²) in [6.07, 6.45) is -2.55. The van der Waals surface area contributed by atoms with Gasteiger partial charge in [-0.1, -0.05) is 38.1 Å². The predicted molar refractivity (Wildman–Crippen MR) is 177 cm³/mol. The van der Waals surface area contributed by atoms with Crippen molar-refractivity contribution in [1.29, 1.82) is 0 Å².